The fourth-order valence-corrected chi connectivity index (χ4v) is 1.79. The molecule has 1 atom stereocenters. The lowest BCUT2D eigenvalue weighted by atomic mass is 10.1. The molecule has 0 radical (unpaired) electrons. The molecule has 0 aliphatic rings. The minimum atomic E-state index is -0.798. The predicted molar refractivity (Wildman–Crippen MR) is 80.9 cm³/mol. The number of hydrogen-bond donors (Lipinski definition) is 2. The molecule has 0 amide bonds. The van der Waals surface area contributed by atoms with Gasteiger partial charge >= 0.3 is 5.97 Å². The van der Waals surface area contributed by atoms with Gasteiger partial charge in [0.2, 0.25) is 0 Å². The van der Waals surface area contributed by atoms with Gasteiger partial charge in [-0.15, -0.1) is 0 Å². The van der Waals surface area contributed by atoms with Crippen LogP contribution >= 0.6 is 0 Å². The van der Waals surface area contributed by atoms with E-state index in [4.69, 9.17) is 10.6 Å². The summed E-state index contributed by atoms with van der Waals surface area (Å²) in [7, 11) is 0. The molecule has 0 heterocycles. The number of rotatable bonds is 6. The Morgan fingerprint density at radius 1 is 1.18 bits per heavy atom. The van der Waals surface area contributed by atoms with Gasteiger partial charge in [0.05, 0.1) is 10.6 Å². The number of non-ortho nitro benzene ring substituents is 1. The van der Waals surface area contributed by atoms with E-state index in [0.717, 1.165) is 5.56 Å². The topological polar surface area (TPSA) is 107 Å². The Morgan fingerprint density at radius 2 is 1.82 bits per heavy atom. The Bertz CT molecular complexity index is 644. The first-order valence-electron chi connectivity index (χ1n) is 6.57. The van der Waals surface area contributed by atoms with Crippen molar-refractivity contribution in [3.63, 3.8) is 0 Å². The summed E-state index contributed by atoms with van der Waals surface area (Å²) in [5.74, 6) is -0.609. The second kappa shape index (κ2) is 7.19. The fourth-order valence-electron chi connectivity index (χ4n) is 1.79. The van der Waals surface area contributed by atoms with Crippen LogP contribution < -0.4 is 11.2 Å². The maximum atomic E-state index is 11.8. The number of carbonyl (C=O) groups excluding carboxylic acids is 1. The highest BCUT2D eigenvalue weighted by molar-refractivity contribution is 5.76. The zero-order valence-corrected chi connectivity index (χ0v) is 11.6. The molecule has 0 saturated carbocycles. The van der Waals surface area contributed by atoms with Gasteiger partial charge in [-0.05, 0) is 24.1 Å². The Labute approximate surface area is 126 Å². The van der Waals surface area contributed by atoms with Gasteiger partial charge in [0, 0.05) is 12.1 Å². The largest absolute Gasteiger partial charge is 0.348 e. The zero-order chi connectivity index (χ0) is 15.9. The second-order valence-electron chi connectivity index (χ2n) is 4.62. The molecule has 0 aliphatic carbocycles. The molecular formula is C15H15N3O4. The van der Waals surface area contributed by atoms with Crippen LogP contribution in [-0.4, -0.2) is 16.9 Å². The summed E-state index contributed by atoms with van der Waals surface area (Å²) in [5.41, 5.74) is 9.51. The summed E-state index contributed by atoms with van der Waals surface area (Å²) in [6.45, 7) is 0. The smallest absolute Gasteiger partial charge is 0.342 e. The molecule has 0 aliphatic heterocycles. The van der Waals surface area contributed by atoms with Crippen LogP contribution in [0.25, 0.3) is 0 Å². The third kappa shape index (κ3) is 4.29. The minimum Gasteiger partial charge on any atom is -0.342 e. The summed E-state index contributed by atoms with van der Waals surface area (Å²) < 4.78 is 0. The number of nitrogens with one attached hydrogen (secondary N) is 1. The zero-order valence-electron chi connectivity index (χ0n) is 11.6. The quantitative estimate of drug-likeness (QED) is 0.624. The molecule has 7 nitrogen and oxygen atoms in total. The molecule has 3 N–H and O–H groups in total. The van der Waals surface area contributed by atoms with Gasteiger partial charge in [-0.25, -0.2) is 10.3 Å². The standard InChI is InChI=1S/C15H15N3O4/c16-14(10-11-4-2-1-3-5-11)15(19)22-17-12-6-8-13(9-7-12)18(20)21/h1-9,14,17H,10,16H2/t14-/m0/s1. The van der Waals surface area contributed by atoms with Crippen molar-refractivity contribution < 1.29 is 14.6 Å². The molecule has 0 fully saturated rings. The SMILES string of the molecule is N[C@@H](Cc1ccccc1)C(=O)ONc1ccc([N+](=O)[O-])cc1. The molecule has 0 unspecified atom stereocenters. The van der Waals surface area contributed by atoms with E-state index in [1.54, 1.807) is 0 Å². The van der Waals surface area contributed by atoms with E-state index in [2.05, 4.69) is 5.48 Å². The van der Waals surface area contributed by atoms with Crippen molar-refractivity contribution >= 4 is 17.3 Å². The molecule has 0 aromatic heterocycles. The average molecular weight is 301 g/mol. The molecular weight excluding hydrogens is 286 g/mol. The number of anilines is 1. The summed E-state index contributed by atoms with van der Waals surface area (Å²) in [5, 5.41) is 10.5. The number of benzene rings is 2. The van der Waals surface area contributed by atoms with Crippen LogP contribution in [0.3, 0.4) is 0 Å². The van der Waals surface area contributed by atoms with Crippen LogP contribution in [0, 0.1) is 10.1 Å². The third-order valence-corrected chi connectivity index (χ3v) is 2.95. The van der Waals surface area contributed by atoms with Crippen molar-refractivity contribution in [1.82, 2.24) is 0 Å². The number of nitro groups is 1. The first-order valence-corrected chi connectivity index (χ1v) is 6.57. The maximum Gasteiger partial charge on any atom is 0.348 e. The van der Waals surface area contributed by atoms with E-state index in [-0.39, 0.29) is 5.69 Å². The summed E-state index contributed by atoms with van der Waals surface area (Å²) in [6.07, 6.45) is 0.363. The predicted octanol–water partition coefficient (Wildman–Crippen LogP) is 2.03. The van der Waals surface area contributed by atoms with Crippen molar-refractivity contribution in [2.24, 2.45) is 5.73 Å². The molecule has 2 aromatic rings. The van der Waals surface area contributed by atoms with Gasteiger partial charge in [-0.1, -0.05) is 30.3 Å². The number of nitro benzene ring substituents is 1. The van der Waals surface area contributed by atoms with Crippen molar-refractivity contribution in [2.45, 2.75) is 12.5 Å². The second-order valence-corrected chi connectivity index (χ2v) is 4.62. The summed E-state index contributed by atoms with van der Waals surface area (Å²) in [4.78, 5) is 26.7. The Kier molecular flexibility index (Phi) is 5.05. The molecule has 2 aromatic carbocycles. The van der Waals surface area contributed by atoms with Crippen molar-refractivity contribution in [2.75, 3.05) is 5.48 Å². The van der Waals surface area contributed by atoms with Crippen LogP contribution in [0.1, 0.15) is 5.56 Å². The number of nitrogens with two attached hydrogens (primary N) is 1. The highest BCUT2D eigenvalue weighted by Gasteiger charge is 2.16. The van der Waals surface area contributed by atoms with E-state index in [0.29, 0.717) is 12.1 Å². The normalized spacial score (nSPS) is 11.5. The van der Waals surface area contributed by atoms with E-state index >= 15 is 0 Å². The Balaban J connectivity index is 1.85. The number of hydrogen-bond acceptors (Lipinski definition) is 6. The average Bonchev–Trinajstić information content (AvgIpc) is 2.53. The van der Waals surface area contributed by atoms with Crippen LogP contribution in [0.15, 0.2) is 54.6 Å². The Hall–Kier alpha value is -2.93. The van der Waals surface area contributed by atoms with Gasteiger partial charge in [0.15, 0.2) is 0 Å². The van der Waals surface area contributed by atoms with Crippen molar-refractivity contribution in [3.05, 3.63) is 70.3 Å². The van der Waals surface area contributed by atoms with Gasteiger partial charge in [-0.2, -0.15) is 0 Å². The Morgan fingerprint density at radius 3 is 2.41 bits per heavy atom. The molecule has 2 rings (SSSR count). The minimum absolute atomic E-state index is 0.0438. The molecule has 22 heavy (non-hydrogen) atoms. The van der Waals surface area contributed by atoms with Crippen LogP contribution in [0.5, 0.6) is 0 Å². The van der Waals surface area contributed by atoms with Crippen molar-refractivity contribution in [3.8, 4) is 0 Å². The van der Waals surface area contributed by atoms with E-state index in [1.165, 1.54) is 24.3 Å². The van der Waals surface area contributed by atoms with Gasteiger partial charge in [0.25, 0.3) is 5.69 Å². The first-order chi connectivity index (χ1) is 10.6. The lowest BCUT2D eigenvalue weighted by Gasteiger charge is -2.12. The van der Waals surface area contributed by atoms with Crippen LogP contribution in [-0.2, 0) is 16.1 Å². The molecule has 0 bridgehead atoms. The molecule has 7 heteroatoms. The lowest BCUT2D eigenvalue weighted by molar-refractivity contribution is -0.384. The van der Waals surface area contributed by atoms with Gasteiger partial charge in [-0.3, -0.25) is 10.1 Å². The van der Waals surface area contributed by atoms with Gasteiger partial charge in [0.1, 0.15) is 6.04 Å². The van der Waals surface area contributed by atoms with Crippen molar-refractivity contribution in [1.29, 1.82) is 0 Å². The lowest BCUT2D eigenvalue weighted by Crippen LogP contribution is -2.35. The van der Waals surface area contributed by atoms with Crippen LogP contribution in [0.2, 0.25) is 0 Å². The van der Waals surface area contributed by atoms with Gasteiger partial charge < -0.3 is 10.6 Å². The van der Waals surface area contributed by atoms with E-state index in [1.807, 2.05) is 30.3 Å². The summed E-state index contributed by atoms with van der Waals surface area (Å²) >= 11 is 0. The molecule has 0 saturated heterocycles. The fraction of sp³-hybridized carbons (Fsp3) is 0.133. The van der Waals surface area contributed by atoms with E-state index < -0.39 is 16.9 Å². The third-order valence-electron chi connectivity index (χ3n) is 2.95. The maximum absolute atomic E-state index is 11.8. The first kappa shape index (κ1) is 15.5. The van der Waals surface area contributed by atoms with Crippen LogP contribution in [0.4, 0.5) is 11.4 Å². The molecule has 0 spiro atoms. The number of nitrogens with zero attached hydrogens (tertiary/aromatic N) is 1. The monoisotopic (exact) mass is 301 g/mol. The van der Waals surface area contributed by atoms with E-state index in [9.17, 15) is 14.9 Å². The number of carbonyl (C=O) groups is 1. The highest BCUT2D eigenvalue weighted by atomic mass is 16.7. The highest BCUT2D eigenvalue weighted by Crippen LogP contribution is 2.15. The molecule has 114 valence electrons. The summed E-state index contributed by atoms with van der Waals surface area (Å²) in [6, 6.07) is 14.0.